The van der Waals surface area contributed by atoms with Gasteiger partial charge in [0.05, 0.1) is 5.56 Å². The minimum absolute atomic E-state index is 0.0421. The summed E-state index contributed by atoms with van der Waals surface area (Å²) in [4.78, 5) is 18.9. The van der Waals surface area contributed by atoms with Crippen molar-refractivity contribution < 1.29 is 0 Å². The van der Waals surface area contributed by atoms with Crippen LogP contribution < -0.4 is 11.3 Å². The van der Waals surface area contributed by atoms with E-state index >= 15 is 0 Å². The predicted molar refractivity (Wildman–Crippen MR) is 73.8 cm³/mol. The molecule has 2 rings (SSSR count). The van der Waals surface area contributed by atoms with Crippen LogP contribution in [-0.4, -0.2) is 9.97 Å². The van der Waals surface area contributed by atoms with Gasteiger partial charge in [-0.3, -0.25) is 4.79 Å². The van der Waals surface area contributed by atoms with Crippen molar-refractivity contribution >= 4 is 17.4 Å². The number of halogens is 1. The molecule has 0 aliphatic rings. The van der Waals surface area contributed by atoms with Gasteiger partial charge in [0.2, 0.25) is 0 Å². The quantitative estimate of drug-likeness (QED) is 0.875. The summed E-state index contributed by atoms with van der Waals surface area (Å²) in [5.74, 6) is 0.776. The van der Waals surface area contributed by atoms with Gasteiger partial charge in [0.15, 0.2) is 0 Å². The van der Waals surface area contributed by atoms with Gasteiger partial charge in [-0.25, -0.2) is 4.98 Å². The number of nitrogens with two attached hydrogens (primary N) is 1. The molecular weight excluding hydrogens is 250 g/mol. The number of anilines is 1. The zero-order valence-corrected chi connectivity index (χ0v) is 11.0. The molecule has 0 amide bonds. The number of aromatic amines is 1. The van der Waals surface area contributed by atoms with Crippen LogP contribution in [0.5, 0.6) is 0 Å². The predicted octanol–water partition coefficient (Wildman–Crippen LogP) is 2.80. The Balaban J connectivity index is 2.55. The fourth-order valence-electron chi connectivity index (χ4n) is 1.80. The first-order chi connectivity index (χ1) is 8.49. The van der Waals surface area contributed by atoms with Crippen molar-refractivity contribution in [1.82, 2.24) is 9.97 Å². The van der Waals surface area contributed by atoms with Crippen LogP contribution in [0.2, 0.25) is 5.02 Å². The summed E-state index contributed by atoms with van der Waals surface area (Å²) in [6, 6.07) is 7.05. The molecule has 4 nitrogen and oxygen atoms in total. The van der Waals surface area contributed by atoms with Crippen molar-refractivity contribution in [3.63, 3.8) is 0 Å². The average Bonchev–Trinajstić information content (AvgIpc) is 2.28. The fourth-order valence-corrected chi connectivity index (χ4v) is 1.93. The van der Waals surface area contributed by atoms with Crippen LogP contribution in [0.1, 0.15) is 25.3 Å². The zero-order valence-electron chi connectivity index (χ0n) is 10.2. The van der Waals surface area contributed by atoms with Crippen LogP contribution in [0.3, 0.4) is 0 Å². The number of benzene rings is 1. The first kappa shape index (κ1) is 12.6. The maximum atomic E-state index is 11.9. The maximum Gasteiger partial charge on any atom is 0.256 e. The molecule has 18 heavy (non-hydrogen) atoms. The Bertz CT molecular complexity index is 617. The van der Waals surface area contributed by atoms with E-state index in [-0.39, 0.29) is 17.3 Å². The Morgan fingerprint density at radius 1 is 1.28 bits per heavy atom. The summed E-state index contributed by atoms with van der Waals surface area (Å²) in [5.41, 5.74) is 6.94. The number of nitrogens with zero attached hydrogens (tertiary/aromatic N) is 1. The molecule has 5 heteroatoms. The number of aromatic nitrogens is 2. The lowest BCUT2D eigenvalue weighted by Crippen LogP contribution is -2.19. The highest BCUT2D eigenvalue weighted by Crippen LogP contribution is 2.21. The number of nitrogens with one attached hydrogen (secondary N) is 1. The number of nitrogen functional groups attached to an aromatic ring is 1. The van der Waals surface area contributed by atoms with Crippen molar-refractivity contribution in [3.8, 4) is 11.4 Å². The van der Waals surface area contributed by atoms with Gasteiger partial charge in [0.25, 0.3) is 5.56 Å². The van der Waals surface area contributed by atoms with E-state index in [9.17, 15) is 4.79 Å². The third-order valence-electron chi connectivity index (χ3n) is 2.68. The summed E-state index contributed by atoms with van der Waals surface area (Å²) in [7, 11) is 0. The van der Waals surface area contributed by atoms with Crippen LogP contribution in [0.4, 0.5) is 5.82 Å². The number of hydrogen-bond acceptors (Lipinski definition) is 3. The van der Waals surface area contributed by atoms with Gasteiger partial charge in [-0.05, 0) is 30.2 Å². The highest BCUT2D eigenvalue weighted by atomic mass is 35.5. The van der Waals surface area contributed by atoms with Crippen molar-refractivity contribution in [1.29, 1.82) is 0 Å². The van der Waals surface area contributed by atoms with Crippen LogP contribution in [-0.2, 0) is 0 Å². The molecule has 3 N–H and O–H groups in total. The molecule has 0 aliphatic heterocycles. The number of H-pyrrole nitrogens is 1. The Hall–Kier alpha value is -1.81. The first-order valence-corrected chi connectivity index (χ1v) is 6.02. The van der Waals surface area contributed by atoms with Gasteiger partial charge in [-0.2, -0.15) is 0 Å². The Kier molecular flexibility index (Phi) is 3.39. The van der Waals surface area contributed by atoms with Gasteiger partial charge >= 0.3 is 0 Å². The Labute approximate surface area is 110 Å². The first-order valence-electron chi connectivity index (χ1n) is 5.64. The van der Waals surface area contributed by atoms with E-state index in [0.29, 0.717) is 16.4 Å². The lowest BCUT2D eigenvalue weighted by molar-refractivity contribution is 0.837. The van der Waals surface area contributed by atoms with E-state index in [0.717, 1.165) is 5.56 Å². The number of rotatable bonds is 2. The molecular formula is C13H14ClN3O. The molecule has 0 radical (unpaired) electrons. The SMILES string of the molecule is CC(C)c1c(N)nc(-c2ccc(Cl)cc2)[nH]c1=O. The molecule has 0 fully saturated rings. The lowest BCUT2D eigenvalue weighted by atomic mass is 10.1. The van der Waals surface area contributed by atoms with E-state index in [1.54, 1.807) is 24.3 Å². The molecule has 0 unspecified atom stereocenters. The molecule has 0 spiro atoms. The number of hydrogen-bond donors (Lipinski definition) is 2. The fraction of sp³-hybridized carbons (Fsp3) is 0.231. The van der Waals surface area contributed by atoms with E-state index in [4.69, 9.17) is 17.3 Å². The van der Waals surface area contributed by atoms with Gasteiger partial charge < -0.3 is 10.7 Å². The van der Waals surface area contributed by atoms with Gasteiger partial charge in [-0.1, -0.05) is 25.4 Å². The van der Waals surface area contributed by atoms with Gasteiger partial charge in [0.1, 0.15) is 11.6 Å². The summed E-state index contributed by atoms with van der Waals surface area (Å²) in [6.45, 7) is 3.81. The molecule has 0 aliphatic carbocycles. The summed E-state index contributed by atoms with van der Waals surface area (Å²) < 4.78 is 0. The van der Waals surface area contributed by atoms with E-state index in [1.807, 2.05) is 13.8 Å². The standard InChI is InChI=1S/C13H14ClN3O/c1-7(2)10-11(15)16-12(17-13(10)18)8-3-5-9(14)6-4-8/h3-7H,1-2H3,(H3,15,16,17,18). The second kappa shape index (κ2) is 4.82. The monoisotopic (exact) mass is 263 g/mol. The van der Waals surface area contributed by atoms with Crippen molar-refractivity contribution in [3.05, 3.63) is 45.2 Å². The van der Waals surface area contributed by atoms with Crippen molar-refractivity contribution in [2.24, 2.45) is 0 Å². The van der Waals surface area contributed by atoms with Crippen molar-refractivity contribution in [2.75, 3.05) is 5.73 Å². The topological polar surface area (TPSA) is 71.8 Å². The molecule has 1 aromatic carbocycles. The zero-order chi connectivity index (χ0) is 13.3. The molecule has 2 aromatic rings. The van der Waals surface area contributed by atoms with E-state index in [1.165, 1.54) is 0 Å². The Morgan fingerprint density at radius 2 is 1.89 bits per heavy atom. The highest BCUT2D eigenvalue weighted by Gasteiger charge is 2.13. The molecule has 0 bridgehead atoms. The molecule has 1 heterocycles. The molecule has 0 saturated heterocycles. The second-order valence-electron chi connectivity index (χ2n) is 4.38. The van der Waals surface area contributed by atoms with Crippen LogP contribution in [0.15, 0.2) is 29.1 Å². The molecule has 1 aromatic heterocycles. The second-order valence-corrected chi connectivity index (χ2v) is 4.81. The minimum Gasteiger partial charge on any atom is -0.383 e. The van der Waals surface area contributed by atoms with Crippen LogP contribution >= 0.6 is 11.6 Å². The maximum absolute atomic E-state index is 11.9. The van der Waals surface area contributed by atoms with Crippen molar-refractivity contribution in [2.45, 2.75) is 19.8 Å². The average molecular weight is 264 g/mol. The minimum atomic E-state index is -0.192. The third-order valence-corrected chi connectivity index (χ3v) is 2.93. The van der Waals surface area contributed by atoms with Crippen LogP contribution in [0.25, 0.3) is 11.4 Å². The highest BCUT2D eigenvalue weighted by molar-refractivity contribution is 6.30. The molecule has 0 atom stereocenters. The largest absolute Gasteiger partial charge is 0.383 e. The lowest BCUT2D eigenvalue weighted by Gasteiger charge is -2.09. The van der Waals surface area contributed by atoms with Gasteiger partial charge in [0, 0.05) is 10.6 Å². The molecule has 94 valence electrons. The van der Waals surface area contributed by atoms with E-state index in [2.05, 4.69) is 9.97 Å². The van der Waals surface area contributed by atoms with Gasteiger partial charge in [-0.15, -0.1) is 0 Å². The Morgan fingerprint density at radius 3 is 2.39 bits per heavy atom. The van der Waals surface area contributed by atoms with Crippen LogP contribution in [0, 0.1) is 0 Å². The molecule has 0 saturated carbocycles. The summed E-state index contributed by atoms with van der Waals surface area (Å²) >= 11 is 5.81. The normalized spacial score (nSPS) is 10.9. The third kappa shape index (κ3) is 2.38. The summed E-state index contributed by atoms with van der Waals surface area (Å²) in [5, 5.41) is 0.632. The van der Waals surface area contributed by atoms with E-state index < -0.39 is 0 Å². The smallest absolute Gasteiger partial charge is 0.256 e. The summed E-state index contributed by atoms with van der Waals surface area (Å²) in [6.07, 6.45) is 0.